The molecule has 4 aliphatic rings. The summed E-state index contributed by atoms with van der Waals surface area (Å²) < 4.78 is 14.3. The van der Waals surface area contributed by atoms with Crippen LogP contribution in [-0.2, 0) is 26.4 Å². The van der Waals surface area contributed by atoms with E-state index in [0.717, 1.165) is 83.4 Å². The van der Waals surface area contributed by atoms with Gasteiger partial charge in [0.15, 0.2) is 6.10 Å². The second-order valence-electron chi connectivity index (χ2n) is 8.89. The Morgan fingerprint density at radius 1 is 1.14 bits per heavy atom. The van der Waals surface area contributed by atoms with Gasteiger partial charge in [-0.15, -0.1) is 0 Å². The van der Waals surface area contributed by atoms with Crippen LogP contribution in [0.3, 0.4) is 0 Å². The van der Waals surface area contributed by atoms with Gasteiger partial charge in [0, 0.05) is 58.3 Å². The zero-order valence-corrected chi connectivity index (χ0v) is 16.7. The fourth-order valence-electron chi connectivity index (χ4n) is 5.40. The van der Waals surface area contributed by atoms with Gasteiger partial charge in [0.1, 0.15) is 11.4 Å². The Kier molecular flexibility index (Phi) is 5.15. The van der Waals surface area contributed by atoms with Crippen molar-refractivity contribution < 1.29 is 14.3 Å². The number of ether oxygens (including phenoxy) is 2. The van der Waals surface area contributed by atoms with E-state index in [-0.39, 0.29) is 12.0 Å². The van der Waals surface area contributed by atoms with Gasteiger partial charge in [-0.2, -0.15) is 0 Å². The van der Waals surface area contributed by atoms with Crippen LogP contribution in [0.4, 0.5) is 0 Å². The predicted octanol–water partition coefficient (Wildman–Crippen LogP) is 1.62. The number of carbonyl (C=O) groups is 1. The van der Waals surface area contributed by atoms with Crippen molar-refractivity contribution in [2.24, 2.45) is 5.92 Å². The Hall–Kier alpha value is -1.44. The molecule has 0 bridgehead atoms. The number of imidazole rings is 1. The number of carbonyl (C=O) groups excluding carboxylic acids is 1. The van der Waals surface area contributed by atoms with E-state index < -0.39 is 5.60 Å². The van der Waals surface area contributed by atoms with Crippen molar-refractivity contribution in [1.82, 2.24) is 19.4 Å². The van der Waals surface area contributed by atoms with Gasteiger partial charge in [0.05, 0.1) is 6.54 Å². The summed E-state index contributed by atoms with van der Waals surface area (Å²) in [6, 6.07) is 0. The molecule has 0 N–H and O–H groups in total. The summed E-state index contributed by atoms with van der Waals surface area (Å²) in [7, 11) is 0. The van der Waals surface area contributed by atoms with Crippen LogP contribution in [0, 0.1) is 5.92 Å². The topological polar surface area (TPSA) is 59.8 Å². The maximum absolute atomic E-state index is 13.0. The zero-order chi connectivity index (χ0) is 19.0. The van der Waals surface area contributed by atoms with Crippen LogP contribution < -0.4 is 0 Å². The lowest BCUT2D eigenvalue weighted by Gasteiger charge is -2.46. The van der Waals surface area contributed by atoms with Crippen molar-refractivity contribution in [3.05, 3.63) is 18.2 Å². The average Bonchev–Trinajstić information content (AvgIpc) is 3.42. The van der Waals surface area contributed by atoms with E-state index in [2.05, 4.69) is 14.5 Å². The largest absolute Gasteiger partial charge is 0.381 e. The van der Waals surface area contributed by atoms with Crippen molar-refractivity contribution in [2.75, 3.05) is 45.9 Å². The number of likely N-dealkylation sites (tertiary alicyclic amines) is 2. The highest BCUT2D eigenvalue weighted by atomic mass is 16.5. The van der Waals surface area contributed by atoms with Gasteiger partial charge in [-0.1, -0.05) is 0 Å². The lowest BCUT2D eigenvalue weighted by Crippen LogP contribution is -2.54. The predicted molar refractivity (Wildman–Crippen MR) is 104 cm³/mol. The summed E-state index contributed by atoms with van der Waals surface area (Å²) in [6.07, 6.45) is 9.90. The molecule has 7 nitrogen and oxygen atoms in total. The molecule has 28 heavy (non-hydrogen) atoms. The van der Waals surface area contributed by atoms with Gasteiger partial charge >= 0.3 is 0 Å². The summed E-state index contributed by atoms with van der Waals surface area (Å²) in [5, 5.41) is 0. The third kappa shape index (κ3) is 3.48. The molecule has 3 fully saturated rings. The number of amides is 1. The quantitative estimate of drug-likeness (QED) is 0.788. The molecule has 5 heterocycles. The highest BCUT2D eigenvalue weighted by molar-refractivity contribution is 5.81. The molecular formula is C21H32N4O3. The van der Waals surface area contributed by atoms with Crippen LogP contribution in [0.2, 0.25) is 0 Å². The molecule has 5 rings (SSSR count). The molecule has 3 saturated heterocycles. The van der Waals surface area contributed by atoms with Crippen molar-refractivity contribution in [1.29, 1.82) is 0 Å². The van der Waals surface area contributed by atoms with Crippen LogP contribution in [0.5, 0.6) is 0 Å². The molecule has 0 radical (unpaired) electrons. The molecule has 1 amide bonds. The summed E-state index contributed by atoms with van der Waals surface area (Å²) in [5.41, 5.74) is -0.409. The molecule has 0 aromatic carbocycles. The molecule has 1 spiro atoms. The molecule has 4 aliphatic heterocycles. The number of hydrogen-bond acceptors (Lipinski definition) is 5. The second-order valence-corrected chi connectivity index (χ2v) is 8.89. The molecule has 0 saturated carbocycles. The minimum atomic E-state index is -0.409. The molecule has 7 heteroatoms. The normalized spacial score (nSPS) is 28.6. The third-order valence-corrected chi connectivity index (χ3v) is 7.07. The SMILES string of the molecule is O=C([C@@H]1Cn2ccnc2C2(CCN(CC3CCOCC3)CC2)O1)N1CCCC1. The Morgan fingerprint density at radius 2 is 1.89 bits per heavy atom. The standard InChI is InChI=1S/C21H32N4O3/c26-19(24-8-1-2-9-24)18-16-25-12-7-22-20(25)21(28-18)5-10-23(11-6-21)15-17-3-13-27-14-4-17/h7,12,17-18H,1-6,8-11,13-16H2/t18-/m0/s1. The van der Waals surface area contributed by atoms with Gasteiger partial charge in [-0.3, -0.25) is 4.79 Å². The first-order valence-electron chi connectivity index (χ1n) is 11.0. The Balaban J connectivity index is 1.28. The summed E-state index contributed by atoms with van der Waals surface area (Å²) in [5.74, 6) is 1.94. The van der Waals surface area contributed by atoms with Gasteiger partial charge in [-0.25, -0.2) is 4.98 Å². The molecule has 154 valence electrons. The number of piperidine rings is 1. The van der Waals surface area contributed by atoms with Gasteiger partial charge in [-0.05, 0) is 44.4 Å². The van der Waals surface area contributed by atoms with Gasteiger partial charge in [0.2, 0.25) is 0 Å². The molecule has 1 aromatic heterocycles. The monoisotopic (exact) mass is 388 g/mol. The maximum atomic E-state index is 13.0. The first-order chi connectivity index (χ1) is 13.7. The minimum absolute atomic E-state index is 0.167. The maximum Gasteiger partial charge on any atom is 0.253 e. The van der Waals surface area contributed by atoms with E-state index in [4.69, 9.17) is 9.47 Å². The molecule has 1 atom stereocenters. The molecule has 0 aliphatic carbocycles. The minimum Gasteiger partial charge on any atom is -0.381 e. The van der Waals surface area contributed by atoms with E-state index >= 15 is 0 Å². The van der Waals surface area contributed by atoms with Crippen molar-refractivity contribution in [2.45, 2.75) is 56.8 Å². The van der Waals surface area contributed by atoms with E-state index in [1.807, 2.05) is 17.3 Å². The second kappa shape index (κ2) is 7.76. The van der Waals surface area contributed by atoms with E-state index in [1.54, 1.807) is 0 Å². The number of rotatable bonds is 3. The van der Waals surface area contributed by atoms with E-state index in [9.17, 15) is 4.79 Å². The van der Waals surface area contributed by atoms with Crippen LogP contribution in [-0.4, -0.2) is 77.3 Å². The Bertz CT molecular complexity index is 686. The number of aromatic nitrogens is 2. The number of fused-ring (bicyclic) bond motifs is 2. The number of nitrogens with zero attached hydrogens (tertiary/aromatic N) is 4. The highest BCUT2D eigenvalue weighted by Crippen LogP contribution is 2.40. The third-order valence-electron chi connectivity index (χ3n) is 7.07. The van der Waals surface area contributed by atoms with Gasteiger partial charge in [0.25, 0.3) is 5.91 Å². The molecule has 0 unspecified atom stereocenters. The first kappa shape index (κ1) is 18.6. The number of hydrogen-bond donors (Lipinski definition) is 0. The van der Waals surface area contributed by atoms with Gasteiger partial charge < -0.3 is 23.8 Å². The summed E-state index contributed by atoms with van der Waals surface area (Å²) in [6.45, 7) is 7.33. The Labute approximate surface area is 167 Å². The van der Waals surface area contributed by atoms with Crippen molar-refractivity contribution >= 4 is 5.91 Å². The van der Waals surface area contributed by atoms with Crippen LogP contribution >= 0.6 is 0 Å². The lowest BCUT2D eigenvalue weighted by atomic mass is 9.87. The summed E-state index contributed by atoms with van der Waals surface area (Å²) >= 11 is 0. The van der Waals surface area contributed by atoms with Crippen LogP contribution in [0.1, 0.15) is 44.3 Å². The fourth-order valence-corrected chi connectivity index (χ4v) is 5.40. The fraction of sp³-hybridized carbons (Fsp3) is 0.810. The molecule has 1 aromatic rings. The summed E-state index contributed by atoms with van der Waals surface area (Å²) in [4.78, 5) is 22.2. The van der Waals surface area contributed by atoms with E-state index in [1.165, 1.54) is 12.8 Å². The Morgan fingerprint density at radius 3 is 2.64 bits per heavy atom. The highest BCUT2D eigenvalue weighted by Gasteiger charge is 2.48. The molecular weight excluding hydrogens is 356 g/mol. The first-order valence-corrected chi connectivity index (χ1v) is 11.0. The van der Waals surface area contributed by atoms with Crippen molar-refractivity contribution in [3.8, 4) is 0 Å². The average molecular weight is 389 g/mol. The smallest absolute Gasteiger partial charge is 0.253 e. The lowest BCUT2D eigenvalue weighted by molar-refractivity contribution is -0.180. The van der Waals surface area contributed by atoms with E-state index in [0.29, 0.717) is 6.54 Å². The van der Waals surface area contributed by atoms with Crippen molar-refractivity contribution in [3.63, 3.8) is 0 Å². The zero-order valence-electron chi connectivity index (χ0n) is 16.7. The van der Waals surface area contributed by atoms with Crippen LogP contribution in [0.15, 0.2) is 12.4 Å². The van der Waals surface area contributed by atoms with Crippen LogP contribution in [0.25, 0.3) is 0 Å².